The summed E-state index contributed by atoms with van der Waals surface area (Å²) in [7, 11) is 0. The molecule has 0 aliphatic carbocycles. The molecule has 1 fully saturated rings. The second-order valence-electron chi connectivity index (χ2n) is 8.48. The molecule has 166 valence electrons. The molecule has 2 heterocycles. The van der Waals surface area contributed by atoms with Crippen LogP contribution >= 0.6 is 0 Å². The summed E-state index contributed by atoms with van der Waals surface area (Å²) in [5.74, 6) is 0.419. The lowest BCUT2D eigenvalue weighted by Gasteiger charge is -2.25. The highest BCUT2D eigenvalue weighted by Gasteiger charge is 2.31. The van der Waals surface area contributed by atoms with Crippen LogP contribution in [0.15, 0.2) is 73.1 Å². The lowest BCUT2D eigenvalue weighted by atomic mass is 9.91. The first-order valence-electron chi connectivity index (χ1n) is 11.4. The fourth-order valence-electron chi connectivity index (χ4n) is 4.56. The lowest BCUT2D eigenvalue weighted by Crippen LogP contribution is -2.37. The highest BCUT2D eigenvalue weighted by atomic mass is 16.3. The Morgan fingerprint density at radius 1 is 0.969 bits per heavy atom. The number of pyridine rings is 1. The van der Waals surface area contributed by atoms with Gasteiger partial charge in [-0.25, -0.2) is 0 Å². The van der Waals surface area contributed by atoms with E-state index in [4.69, 9.17) is 0 Å². The molecule has 1 atom stereocenters. The Labute approximate surface area is 190 Å². The molecule has 4 rings (SSSR count). The summed E-state index contributed by atoms with van der Waals surface area (Å²) >= 11 is 0. The fraction of sp³-hybridized carbons (Fsp3) is 0.333. The third-order valence-electron chi connectivity index (χ3n) is 6.18. The standard InChI is InChI=1S/C27H31N3O2/c1-2-15-30-17-16-29(19-23-8-4-6-10-26(23)31)20-24(27(30)32)18-22-7-3-5-9-25(22)21-11-13-28-14-12-21/h3-14,24,31H,2,15-20H2,1H3/t24-/m1/s1. The van der Waals surface area contributed by atoms with Crippen LogP contribution in [-0.4, -0.2) is 52.0 Å². The van der Waals surface area contributed by atoms with Crippen molar-refractivity contribution in [1.82, 2.24) is 14.8 Å². The van der Waals surface area contributed by atoms with Crippen molar-refractivity contribution >= 4 is 5.91 Å². The molecule has 1 saturated heterocycles. The summed E-state index contributed by atoms with van der Waals surface area (Å²) in [6, 6.07) is 19.8. The first kappa shape index (κ1) is 22.0. The van der Waals surface area contributed by atoms with Gasteiger partial charge in [-0.15, -0.1) is 0 Å². The van der Waals surface area contributed by atoms with Gasteiger partial charge in [0.15, 0.2) is 0 Å². The number of aromatic nitrogens is 1. The maximum Gasteiger partial charge on any atom is 0.227 e. The molecule has 1 aromatic heterocycles. The predicted octanol–water partition coefficient (Wildman–Crippen LogP) is 4.37. The van der Waals surface area contributed by atoms with Crippen LogP contribution in [0, 0.1) is 5.92 Å². The third-order valence-corrected chi connectivity index (χ3v) is 6.18. The number of hydrogen-bond donors (Lipinski definition) is 1. The number of phenolic OH excluding ortho intramolecular Hbond substituents is 1. The van der Waals surface area contributed by atoms with E-state index in [1.807, 2.05) is 47.4 Å². The molecule has 5 heteroatoms. The highest BCUT2D eigenvalue weighted by molar-refractivity contribution is 5.80. The molecule has 2 aromatic carbocycles. The van der Waals surface area contributed by atoms with Crippen molar-refractivity contribution in [2.75, 3.05) is 26.2 Å². The van der Waals surface area contributed by atoms with Crippen molar-refractivity contribution < 1.29 is 9.90 Å². The van der Waals surface area contributed by atoms with Gasteiger partial charge < -0.3 is 10.0 Å². The van der Waals surface area contributed by atoms with Crippen LogP contribution in [0.4, 0.5) is 0 Å². The van der Waals surface area contributed by atoms with Gasteiger partial charge in [0.1, 0.15) is 5.75 Å². The van der Waals surface area contributed by atoms with Crippen molar-refractivity contribution in [3.8, 4) is 16.9 Å². The maximum atomic E-state index is 13.5. The molecule has 0 spiro atoms. The topological polar surface area (TPSA) is 56.7 Å². The number of benzene rings is 2. The van der Waals surface area contributed by atoms with Gasteiger partial charge in [-0.1, -0.05) is 49.4 Å². The van der Waals surface area contributed by atoms with Crippen molar-refractivity contribution in [3.05, 3.63) is 84.2 Å². The zero-order chi connectivity index (χ0) is 22.3. The fourth-order valence-corrected chi connectivity index (χ4v) is 4.56. The smallest absolute Gasteiger partial charge is 0.227 e. The summed E-state index contributed by atoms with van der Waals surface area (Å²) in [5, 5.41) is 10.3. The minimum atomic E-state index is -0.127. The summed E-state index contributed by atoms with van der Waals surface area (Å²) < 4.78 is 0. The Bertz CT molecular complexity index is 1040. The van der Waals surface area contributed by atoms with Gasteiger partial charge >= 0.3 is 0 Å². The molecule has 3 aromatic rings. The second kappa shape index (κ2) is 10.4. The van der Waals surface area contributed by atoms with Crippen molar-refractivity contribution in [1.29, 1.82) is 0 Å². The minimum absolute atomic E-state index is 0.127. The zero-order valence-electron chi connectivity index (χ0n) is 18.7. The summed E-state index contributed by atoms with van der Waals surface area (Å²) in [4.78, 5) is 22.0. The van der Waals surface area contributed by atoms with Gasteiger partial charge in [0.2, 0.25) is 5.91 Å². The Kier molecular flexibility index (Phi) is 7.17. The zero-order valence-corrected chi connectivity index (χ0v) is 18.7. The maximum absolute atomic E-state index is 13.5. The summed E-state index contributed by atoms with van der Waals surface area (Å²) in [5.41, 5.74) is 4.35. The van der Waals surface area contributed by atoms with Crippen LogP contribution in [0.3, 0.4) is 0 Å². The summed E-state index contributed by atoms with van der Waals surface area (Å²) in [6.07, 6.45) is 5.25. The Morgan fingerprint density at radius 2 is 1.69 bits per heavy atom. The predicted molar refractivity (Wildman–Crippen MR) is 127 cm³/mol. The highest BCUT2D eigenvalue weighted by Crippen LogP contribution is 2.28. The number of phenols is 1. The number of para-hydroxylation sites is 1. The van der Waals surface area contributed by atoms with Gasteiger partial charge in [-0.05, 0) is 47.7 Å². The van der Waals surface area contributed by atoms with Gasteiger partial charge in [-0.2, -0.15) is 0 Å². The molecule has 0 saturated carbocycles. The van der Waals surface area contributed by atoms with E-state index in [-0.39, 0.29) is 11.8 Å². The van der Waals surface area contributed by atoms with E-state index in [0.717, 1.165) is 42.7 Å². The van der Waals surface area contributed by atoms with Crippen LogP contribution in [-0.2, 0) is 17.8 Å². The van der Waals surface area contributed by atoms with Crippen LogP contribution in [0.25, 0.3) is 11.1 Å². The Hall–Kier alpha value is -3.18. The summed E-state index contributed by atoms with van der Waals surface area (Å²) in [6.45, 7) is 5.75. The van der Waals surface area contributed by atoms with Crippen molar-refractivity contribution in [2.45, 2.75) is 26.3 Å². The van der Waals surface area contributed by atoms with Gasteiger partial charge in [-0.3, -0.25) is 14.7 Å². The average Bonchev–Trinajstić information content (AvgIpc) is 2.96. The van der Waals surface area contributed by atoms with E-state index in [2.05, 4.69) is 28.9 Å². The van der Waals surface area contributed by atoms with E-state index in [1.54, 1.807) is 18.5 Å². The van der Waals surface area contributed by atoms with E-state index < -0.39 is 0 Å². The quantitative estimate of drug-likeness (QED) is 0.606. The van der Waals surface area contributed by atoms with Gasteiger partial charge in [0, 0.05) is 50.7 Å². The number of carbonyl (C=O) groups is 1. The molecular formula is C27H31N3O2. The number of amides is 1. The number of hydrogen-bond acceptors (Lipinski definition) is 4. The van der Waals surface area contributed by atoms with E-state index in [1.165, 1.54) is 5.56 Å². The average molecular weight is 430 g/mol. The van der Waals surface area contributed by atoms with Gasteiger partial charge in [0.25, 0.3) is 0 Å². The Morgan fingerprint density at radius 3 is 2.44 bits per heavy atom. The molecule has 1 aliphatic rings. The molecule has 1 N–H and O–H groups in total. The molecular weight excluding hydrogens is 398 g/mol. The third kappa shape index (κ3) is 5.17. The first-order chi connectivity index (χ1) is 15.7. The van der Waals surface area contributed by atoms with E-state index in [9.17, 15) is 9.90 Å². The molecule has 1 amide bonds. The van der Waals surface area contributed by atoms with Gasteiger partial charge in [0.05, 0.1) is 5.92 Å². The number of rotatable bonds is 7. The monoisotopic (exact) mass is 429 g/mol. The number of aromatic hydroxyl groups is 1. The molecule has 1 aliphatic heterocycles. The largest absolute Gasteiger partial charge is 0.508 e. The van der Waals surface area contributed by atoms with Crippen LogP contribution < -0.4 is 0 Å². The number of nitrogens with zero attached hydrogens (tertiary/aromatic N) is 3. The molecule has 0 unspecified atom stereocenters. The van der Waals surface area contributed by atoms with E-state index in [0.29, 0.717) is 25.3 Å². The minimum Gasteiger partial charge on any atom is -0.508 e. The van der Waals surface area contributed by atoms with E-state index >= 15 is 0 Å². The van der Waals surface area contributed by atoms with Crippen molar-refractivity contribution in [2.24, 2.45) is 5.92 Å². The number of carbonyl (C=O) groups excluding carboxylic acids is 1. The first-order valence-corrected chi connectivity index (χ1v) is 11.4. The van der Waals surface area contributed by atoms with Crippen LogP contribution in [0.1, 0.15) is 24.5 Å². The Balaban J connectivity index is 1.60. The van der Waals surface area contributed by atoms with Crippen LogP contribution in [0.5, 0.6) is 5.75 Å². The normalized spacial score (nSPS) is 17.3. The molecule has 32 heavy (non-hydrogen) atoms. The second-order valence-corrected chi connectivity index (χ2v) is 8.48. The van der Waals surface area contributed by atoms with Crippen molar-refractivity contribution in [3.63, 3.8) is 0 Å². The molecule has 0 bridgehead atoms. The van der Waals surface area contributed by atoms with Crippen LogP contribution in [0.2, 0.25) is 0 Å². The molecule has 0 radical (unpaired) electrons. The molecule has 5 nitrogen and oxygen atoms in total. The lowest BCUT2D eigenvalue weighted by molar-refractivity contribution is -0.134. The SMILES string of the molecule is CCCN1CCN(Cc2ccccc2O)C[C@@H](Cc2ccccc2-c2ccncc2)C1=O.